The van der Waals surface area contributed by atoms with E-state index in [0.29, 0.717) is 5.70 Å². The number of non-ortho nitro benzene ring substituents is 1. The van der Waals surface area contributed by atoms with E-state index in [1.54, 1.807) is 6.92 Å². The van der Waals surface area contributed by atoms with Crippen LogP contribution in [0.4, 0.5) is 5.69 Å². The molecule has 1 aliphatic heterocycles. The number of nitro groups is 2. The number of hydrogen-bond donors (Lipinski definition) is 1. The molecule has 0 spiro atoms. The zero-order chi connectivity index (χ0) is 20.1. The Morgan fingerprint density at radius 1 is 1.26 bits per heavy atom. The minimum absolute atomic E-state index is 0.0225. The third-order valence-corrected chi connectivity index (χ3v) is 4.00. The fourth-order valence-electron chi connectivity index (χ4n) is 2.91. The average Bonchev–Trinajstić information content (AvgIpc) is 2.60. The van der Waals surface area contributed by atoms with Gasteiger partial charge in [0, 0.05) is 17.8 Å². The molecule has 0 amide bonds. The molecule has 0 bridgehead atoms. The van der Waals surface area contributed by atoms with Crippen molar-refractivity contribution in [2.24, 2.45) is 0 Å². The number of rotatable bonds is 6. The van der Waals surface area contributed by atoms with Gasteiger partial charge < -0.3 is 10.1 Å². The molecule has 0 aliphatic carbocycles. The van der Waals surface area contributed by atoms with Gasteiger partial charge in [-0.25, -0.2) is 4.79 Å². The van der Waals surface area contributed by atoms with Gasteiger partial charge in [-0.2, -0.15) is 5.26 Å². The Labute approximate surface area is 154 Å². The molecule has 0 aromatic heterocycles. The Kier molecular flexibility index (Phi) is 5.87. The summed E-state index contributed by atoms with van der Waals surface area (Å²) in [6, 6.07) is 7.17. The Morgan fingerprint density at radius 3 is 2.56 bits per heavy atom. The molecule has 0 saturated heterocycles. The SMILES string of the molecule is CC1=C(C(=O)OCCC#N)[C@H](c2cccc([N+](=O)[O-])c2)C([N+](=O)[O-])=C(C)N1. The van der Waals surface area contributed by atoms with Crippen LogP contribution in [0.3, 0.4) is 0 Å². The van der Waals surface area contributed by atoms with Crippen LogP contribution in [0, 0.1) is 31.6 Å². The molecule has 2 rings (SSSR count). The molecule has 27 heavy (non-hydrogen) atoms. The van der Waals surface area contributed by atoms with Crippen LogP contribution >= 0.6 is 0 Å². The average molecular weight is 372 g/mol. The van der Waals surface area contributed by atoms with E-state index in [9.17, 15) is 25.0 Å². The maximum absolute atomic E-state index is 12.6. The molecule has 1 aromatic carbocycles. The maximum Gasteiger partial charge on any atom is 0.337 e. The Hall–Kier alpha value is -3.74. The van der Waals surface area contributed by atoms with Gasteiger partial charge in [0.15, 0.2) is 0 Å². The topological polar surface area (TPSA) is 148 Å². The van der Waals surface area contributed by atoms with E-state index >= 15 is 0 Å². The van der Waals surface area contributed by atoms with Crippen molar-refractivity contribution in [3.05, 3.63) is 72.7 Å². The van der Waals surface area contributed by atoms with Crippen molar-refractivity contribution >= 4 is 11.7 Å². The van der Waals surface area contributed by atoms with Crippen LogP contribution in [0.15, 0.2) is 46.9 Å². The first-order valence-corrected chi connectivity index (χ1v) is 7.89. The highest BCUT2D eigenvalue weighted by atomic mass is 16.6. The predicted molar refractivity (Wildman–Crippen MR) is 92.6 cm³/mol. The lowest BCUT2D eigenvalue weighted by Crippen LogP contribution is -2.31. The van der Waals surface area contributed by atoms with Gasteiger partial charge in [0.25, 0.3) is 11.4 Å². The van der Waals surface area contributed by atoms with Gasteiger partial charge in [-0.15, -0.1) is 0 Å². The molecule has 1 aromatic rings. The Morgan fingerprint density at radius 2 is 1.96 bits per heavy atom. The van der Waals surface area contributed by atoms with E-state index in [-0.39, 0.29) is 41.2 Å². The summed E-state index contributed by atoms with van der Waals surface area (Å²) in [6.45, 7) is 2.89. The highest BCUT2D eigenvalue weighted by Gasteiger charge is 2.41. The number of benzene rings is 1. The van der Waals surface area contributed by atoms with Crippen molar-refractivity contribution < 1.29 is 19.4 Å². The lowest BCUT2D eigenvalue weighted by Gasteiger charge is -2.26. The van der Waals surface area contributed by atoms with Crippen LogP contribution in [0.25, 0.3) is 0 Å². The summed E-state index contributed by atoms with van der Waals surface area (Å²) in [4.78, 5) is 34.1. The number of carbonyl (C=O) groups excluding carboxylic acids is 1. The van der Waals surface area contributed by atoms with Gasteiger partial charge in [-0.05, 0) is 19.4 Å². The van der Waals surface area contributed by atoms with E-state index in [1.165, 1.54) is 31.2 Å². The smallest absolute Gasteiger partial charge is 0.337 e. The molecular weight excluding hydrogens is 356 g/mol. The molecular formula is C17H16N4O6. The molecule has 10 nitrogen and oxygen atoms in total. The molecule has 1 atom stereocenters. The number of carbonyl (C=O) groups is 1. The number of nitrogens with one attached hydrogen (secondary N) is 1. The first-order valence-electron chi connectivity index (χ1n) is 7.89. The van der Waals surface area contributed by atoms with Gasteiger partial charge in [0.1, 0.15) is 12.5 Å². The zero-order valence-electron chi connectivity index (χ0n) is 14.6. The second kappa shape index (κ2) is 8.09. The fourth-order valence-corrected chi connectivity index (χ4v) is 2.91. The largest absolute Gasteiger partial charge is 0.461 e. The quantitative estimate of drug-likeness (QED) is 0.346. The molecule has 0 saturated carbocycles. The van der Waals surface area contributed by atoms with Gasteiger partial charge in [0.05, 0.1) is 33.6 Å². The molecule has 1 heterocycles. The Bertz CT molecular complexity index is 912. The highest BCUT2D eigenvalue weighted by Crippen LogP contribution is 2.39. The molecule has 0 fully saturated rings. The molecule has 1 aliphatic rings. The summed E-state index contributed by atoms with van der Waals surface area (Å²) in [5.74, 6) is -1.96. The normalized spacial score (nSPS) is 16.4. The molecule has 0 unspecified atom stereocenters. The van der Waals surface area contributed by atoms with Crippen LogP contribution in [0.5, 0.6) is 0 Å². The number of nitrogens with zero attached hydrogens (tertiary/aromatic N) is 3. The van der Waals surface area contributed by atoms with Gasteiger partial charge in [-0.3, -0.25) is 20.2 Å². The van der Waals surface area contributed by atoms with Crippen molar-refractivity contribution in [1.82, 2.24) is 5.32 Å². The van der Waals surface area contributed by atoms with Crippen molar-refractivity contribution in [2.75, 3.05) is 6.61 Å². The summed E-state index contributed by atoms with van der Waals surface area (Å²) in [6.07, 6.45) is -0.0239. The first kappa shape index (κ1) is 19.6. The second-order valence-electron chi connectivity index (χ2n) is 5.76. The van der Waals surface area contributed by atoms with Crippen molar-refractivity contribution in [1.29, 1.82) is 5.26 Å². The number of allylic oxidation sites excluding steroid dienone is 3. The van der Waals surface area contributed by atoms with E-state index in [4.69, 9.17) is 10.00 Å². The lowest BCUT2D eigenvalue weighted by atomic mass is 9.84. The monoisotopic (exact) mass is 372 g/mol. The third kappa shape index (κ3) is 4.09. The molecule has 10 heteroatoms. The highest BCUT2D eigenvalue weighted by molar-refractivity contribution is 5.92. The number of hydrogen-bond acceptors (Lipinski definition) is 8. The van der Waals surface area contributed by atoms with E-state index in [1.807, 2.05) is 6.07 Å². The van der Waals surface area contributed by atoms with Crippen LogP contribution in [-0.4, -0.2) is 22.4 Å². The van der Waals surface area contributed by atoms with Crippen molar-refractivity contribution in [2.45, 2.75) is 26.2 Å². The number of nitro benzene ring substituents is 1. The van der Waals surface area contributed by atoms with E-state index in [2.05, 4.69) is 5.32 Å². The molecule has 1 N–H and O–H groups in total. The number of esters is 1. The number of ether oxygens (including phenoxy) is 1. The first-order chi connectivity index (χ1) is 12.8. The third-order valence-electron chi connectivity index (χ3n) is 4.00. The van der Waals surface area contributed by atoms with Crippen LogP contribution < -0.4 is 5.32 Å². The van der Waals surface area contributed by atoms with Gasteiger partial charge in [0.2, 0.25) is 0 Å². The van der Waals surface area contributed by atoms with Gasteiger partial charge in [-0.1, -0.05) is 12.1 Å². The fraction of sp³-hybridized carbons (Fsp3) is 0.294. The summed E-state index contributed by atoms with van der Waals surface area (Å²) < 4.78 is 5.05. The van der Waals surface area contributed by atoms with Crippen LogP contribution in [0.2, 0.25) is 0 Å². The minimum atomic E-state index is -1.14. The van der Waals surface area contributed by atoms with Gasteiger partial charge >= 0.3 is 5.97 Å². The van der Waals surface area contributed by atoms with Crippen molar-refractivity contribution in [3.63, 3.8) is 0 Å². The Balaban J connectivity index is 2.59. The summed E-state index contributed by atoms with van der Waals surface area (Å²) >= 11 is 0. The maximum atomic E-state index is 12.6. The van der Waals surface area contributed by atoms with Crippen LogP contribution in [0.1, 0.15) is 31.7 Å². The van der Waals surface area contributed by atoms with E-state index < -0.39 is 21.7 Å². The minimum Gasteiger partial charge on any atom is -0.461 e. The molecule has 0 radical (unpaired) electrons. The summed E-state index contributed by atoms with van der Waals surface area (Å²) in [5.41, 5.74) is 0.225. The number of dihydropyridines is 1. The lowest BCUT2D eigenvalue weighted by molar-refractivity contribution is -0.431. The standard InChI is InChI=1S/C17H16N4O6/c1-10-14(17(22)27-8-4-7-18)15(16(21(25)26)11(2)19-10)12-5-3-6-13(9-12)20(23)24/h3,5-6,9,15,19H,4,8H2,1-2H3/t15-/m0/s1. The second-order valence-corrected chi connectivity index (χ2v) is 5.76. The summed E-state index contributed by atoms with van der Waals surface area (Å²) in [5, 5.41) is 34.1. The van der Waals surface area contributed by atoms with Crippen molar-refractivity contribution in [3.8, 4) is 6.07 Å². The molecule has 140 valence electrons. The summed E-state index contributed by atoms with van der Waals surface area (Å²) in [7, 11) is 0. The van der Waals surface area contributed by atoms with E-state index in [0.717, 1.165) is 0 Å². The van der Waals surface area contributed by atoms with Crippen LogP contribution in [-0.2, 0) is 9.53 Å². The zero-order valence-corrected chi connectivity index (χ0v) is 14.6. The predicted octanol–water partition coefficient (Wildman–Crippen LogP) is 2.52. The number of nitriles is 1.